The largest absolute Gasteiger partial charge is 0.346 e. The monoisotopic (exact) mass is 322 g/mol. The quantitative estimate of drug-likeness (QED) is 0.791. The Hall–Kier alpha value is -1.39. The molecule has 21 heavy (non-hydrogen) atoms. The molecule has 3 nitrogen and oxygen atoms in total. The average molecular weight is 323 g/mol. The predicted molar refractivity (Wildman–Crippen MR) is 81.0 cm³/mol. The molecule has 1 fully saturated rings. The molecular formula is C16H12Cl2O3. The van der Waals surface area contributed by atoms with Crippen molar-refractivity contribution in [3.05, 3.63) is 69.2 Å². The standard InChI is InChI=1S/C16H12Cl2O3/c17-12-4-5-13(14(18)9-12)15(19)10-2-1-3-11(8-10)16-20-6-7-21-16/h1-5,8-9,16H,6-7H2. The summed E-state index contributed by atoms with van der Waals surface area (Å²) in [6.07, 6.45) is -0.404. The van der Waals surface area contributed by atoms with E-state index in [0.717, 1.165) is 5.56 Å². The smallest absolute Gasteiger partial charge is 0.194 e. The van der Waals surface area contributed by atoms with Gasteiger partial charge in [-0.3, -0.25) is 4.79 Å². The number of rotatable bonds is 3. The first-order valence-corrected chi connectivity index (χ1v) is 7.23. The third kappa shape index (κ3) is 3.11. The maximum absolute atomic E-state index is 12.5. The van der Waals surface area contributed by atoms with E-state index in [0.29, 0.717) is 34.4 Å². The molecule has 0 spiro atoms. The van der Waals surface area contributed by atoms with Crippen molar-refractivity contribution in [3.63, 3.8) is 0 Å². The van der Waals surface area contributed by atoms with E-state index in [9.17, 15) is 4.79 Å². The van der Waals surface area contributed by atoms with Gasteiger partial charge in [0.2, 0.25) is 0 Å². The Morgan fingerprint density at radius 2 is 1.81 bits per heavy atom. The van der Waals surface area contributed by atoms with Gasteiger partial charge in [-0.25, -0.2) is 0 Å². The summed E-state index contributed by atoms with van der Waals surface area (Å²) in [6.45, 7) is 1.12. The summed E-state index contributed by atoms with van der Waals surface area (Å²) in [4.78, 5) is 12.5. The van der Waals surface area contributed by atoms with E-state index in [1.165, 1.54) is 0 Å². The second-order valence-corrected chi connectivity index (χ2v) is 5.50. The van der Waals surface area contributed by atoms with Crippen LogP contribution in [0.25, 0.3) is 0 Å². The molecule has 5 heteroatoms. The Morgan fingerprint density at radius 3 is 2.52 bits per heavy atom. The van der Waals surface area contributed by atoms with E-state index in [1.807, 2.05) is 6.07 Å². The van der Waals surface area contributed by atoms with Crippen LogP contribution in [0.3, 0.4) is 0 Å². The number of benzene rings is 2. The van der Waals surface area contributed by atoms with Crippen molar-refractivity contribution in [1.29, 1.82) is 0 Å². The van der Waals surface area contributed by atoms with Gasteiger partial charge in [0.1, 0.15) is 0 Å². The summed E-state index contributed by atoms with van der Waals surface area (Å²) in [5.74, 6) is -0.156. The molecule has 3 rings (SSSR count). The number of hydrogen-bond acceptors (Lipinski definition) is 3. The van der Waals surface area contributed by atoms with Crippen LogP contribution < -0.4 is 0 Å². The topological polar surface area (TPSA) is 35.5 Å². The summed E-state index contributed by atoms with van der Waals surface area (Å²) in [7, 11) is 0. The van der Waals surface area contributed by atoms with Crippen LogP contribution in [0, 0.1) is 0 Å². The minimum atomic E-state index is -0.404. The summed E-state index contributed by atoms with van der Waals surface area (Å²) in [5, 5.41) is 0.837. The van der Waals surface area contributed by atoms with Crippen LogP contribution in [-0.2, 0) is 9.47 Å². The third-order valence-electron chi connectivity index (χ3n) is 3.22. The molecule has 0 aromatic heterocycles. The third-order valence-corrected chi connectivity index (χ3v) is 3.77. The molecule has 0 saturated carbocycles. The zero-order valence-corrected chi connectivity index (χ0v) is 12.5. The Bertz CT molecular complexity index is 679. The molecule has 0 bridgehead atoms. The zero-order valence-electron chi connectivity index (χ0n) is 11.0. The minimum absolute atomic E-state index is 0.156. The Morgan fingerprint density at radius 1 is 1.05 bits per heavy atom. The van der Waals surface area contributed by atoms with Crippen LogP contribution in [0.1, 0.15) is 27.8 Å². The van der Waals surface area contributed by atoms with Crippen LogP contribution in [0.5, 0.6) is 0 Å². The molecule has 108 valence electrons. The molecule has 0 atom stereocenters. The lowest BCUT2D eigenvalue weighted by molar-refractivity contribution is -0.0441. The van der Waals surface area contributed by atoms with Gasteiger partial charge in [0.15, 0.2) is 12.1 Å². The van der Waals surface area contributed by atoms with Crippen molar-refractivity contribution < 1.29 is 14.3 Å². The van der Waals surface area contributed by atoms with Crippen molar-refractivity contribution >= 4 is 29.0 Å². The van der Waals surface area contributed by atoms with Crippen LogP contribution in [-0.4, -0.2) is 19.0 Å². The van der Waals surface area contributed by atoms with Crippen molar-refractivity contribution in [2.24, 2.45) is 0 Å². The van der Waals surface area contributed by atoms with E-state index in [-0.39, 0.29) is 5.78 Å². The Balaban J connectivity index is 1.92. The highest BCUT2D eigenvalue weighted by molar-refractivity contribution is 6.37. The van der Waals surface area contributed by atoms with Gasteiger partial charge in [-0.2, -0.15) is 0 Å². The van der Waals surface area contributed by atoms with E-state index < -0.39 is 6.29 Å². The molecule has 0 aliphatic carbocycles. The number of ether oxygens (including phenoxy) is 2. The maximum Gasteiger partial charge on any atom is 0.194 e. The molecule has 1 heterocycles. The molecule has 1 aliphatic heterocycles. The second-order valence-electron chi connectivity index (χ2n) is 4.65. The second kappa shape index (κ2) is 6.16. The lowest BCUT2D eigenvalue weighted by Crippen LogP contribution is -2.05. The molecule has 0 radical (unpaired) electrons. The lowest BCUT2D eigenvalue weighted by Gasteiger charge is -2.11. The number of halogens is 2. The maximum atomic E-state index is 12.5. The van der Waals surface area contributed by atoms with Crippen molar-refractivity contribution in [3.8, 4) is 0 Å². The molecule has 0 amide bonds. The summed E-state index contributed by atoms with van der Waals surface area (Å²) < 4.78 is 10.9. The van der Waals surface area contributed by atoms with Crippen LogP contribution in [0.15, 0.2) is 42.5 Å². The van der Waals surface area contributed by atoms with Gasteiger partial charge in [-0.05, 0) is 24.3 Å². The highest BCUT2D eigenvalue weighted by Gasteiger charge is 2.20. The fourth-order valence-electron chi connectivity index (χ4n) is 2.21. The molecule has 1 aliphatic rings. The Labute approximate surface area is 132 Å². The normalized spacial score (nSPS) is 15.3. The van der Waals surface area contributed by atoms with Gasteiger partial charge in [-0.15, -0.1) is 0 Å². The Kier molecular flexibility index (Phi) is 4.27. The van der Waals surface area contributed by atoms with Gasteiger partial charge < -0.3 is 9.47 Å². The van der Waals surface area contributed by atoms with Crippen molar-refractivity contribution in [2.75, 3.05) is 13.2 Å². The first kappa shape index (κ1) is 14.5. The molecular weight excluding hydrogens is 311 g/mol. The highest BCUT2D eigenvalue weighted by Crippen LogP contribution is 2.27. The lowest BCUT2D eigenvalue weighted by atomic mass is 10.0. The first-order valence-electron chi connectivity index (χ1n) is 6.48. The van der Waals surface area contributed by atoms with Gasteiger partial charge in [-0.1, -0.05) is 41.4 Å². The van der Waals surface area contributed by atoms with E-state index in [4.69, 9.17) is 32.7 Å². The van der Waals surface area contributed by atoms with Crippen LogP contribution in [0.4, 0.5) is 0 Å². The summed E-state index contributed by atoms with van der Waals surface area (Å²) >= 11 is 11.9. The van der Waals surface area contributed by atoms with Gasteiger partial charge >= 0.3 is 0 Å². The number of carbonyl (C=O) groups is 1. The van der Waals surface area contributed by atoms with Gasteiger partial charge in [0, 0.05) is 21.7 Å². The highest BCUT2D eigenvalue weighted by atomic mass is 35.5. The van der Waals surface area contributed by atoms with Crippen LogP contribution >= 0.6 is 23.2 Å². The van der Waals surface area contributed by atoms with Gasteiger partial charge in [0.25, 0.3) is 0 Å². The predicted octanol–water partition coefficient (Wildman–Crippen LogP) is 4.27. The SMILES string of the molecule is O=C(c1cccc(C2OCCO2)c1)c1ccc(Cl)cc1Cl. The average Bonchev–Trinajstić information content (AvgIpc) is 3.01. The van der Waals surface area contributed by atoms with E-state index in [1.54, 1.807) is 36.4 Å². The van der Waals surface area contributed by atoms with E-state index in [2.05, 4.69) is 0 Å². The minimum Gasteiger partial charge on any atom is -0.346 e. The zero-order chi connectivity index (χ0) is 14.8. The molecule has 2 aromatic rings. The van der Waals surface area contributed by atoms with Crippen LogP contribution in [0.2, 0.25) is 10.0 Å². The van der Waals surface area contributed by atoms with Gasteiger partial charge in [0.05, 0.1) is 18.2 Å². The first-order chi connectivity index (χ1) is 10.1. The molecule has 2 aromatic carbocycles. The van der Waals surface area contributed by atoms with Crippen molar-refractivity contribution in [1.82, 2.24) is 0 Å². The fraction of sp³-hybridized carbons (Fsp3) is 0.188. The number of ketones is 1. The van der Waals surface area contributed by atoms with Crippen molar-refractivity contribution in [2.45, 2.75) is 6.29 Å². The van der Waals surface area contributed by atoms with E-state index >= 15 is 0 Å². The fourth-order valence-corrected chi connectivity index (χ4v) is 2.70. The molecule has 0 unspecified atom stereocenters. The summed E-state index contributed by atoms with van der Waals surface area (Å²) in [5.41, 5.74) is 1.78. The number of hydrogen-bond donors (Lipinski definition) is 0. The summed E-state index contributed by atoms with van der Waals surface area (Å²) in [6, 6.07) is 12.0. The molecule has 1 saturated heterocycles. The number of carbonyl (C=O) groups excluding carboxylic acids is 1. The molecule has 0 N–H and O–H groups in total.